The van der Waals surface area contributed by atoms with E-state index in [-0.39, 0.29) is 11.7 Å². The molecule has 1 N–H and O–H groups in total. The maximum Gasteiger partial charge on any atom is 0.230 e. The summed E-state index contributed by atoms with van der Waals surface area (Å²) in [5.74, 6) is 1.77. The third-order valence-corrected chi connectivity index (χ3v) is 7.13. The van der Waals surface area contributed by atoms with Crippen LogP contribution in [0.1, 0.15) is 11.3 Å². The van der Waals surface area contributed by atoms with Crippen LogP contribution in [0.25, 0.3) is 21.1 Å². The Labute approximate surface area is 206 Å². The largest absolute Gasteiger partial charge is 0.497 e. The van der Waals surface area contributed by atoms with Gasteiger partial charge in [0, 0.05) is 12.1 Å². The van der Waals surface area contributed by atoms with Crippen LogP contribution in [0.4, 0.5) is 0 Å². The first kappa shape index (κ1) is 23.7. The minimum Gasteiger partial charge on any atom is -0.497 e. The third kappa shape index (κ3) is 5.92. The molecule has 0 aliphatic carbocycles. The monoisotopic (exact) mass is 492 g/mol. The van der Waals surface area contributed by atoms with Gasteiger partial charge in [-0.1, -0.05) is 23.9 Å². The van der Waals surface area contributed by atoms with Crippen molar-refractivity contribution >= 4 is 29.0 Å². The van der Waals surface area contributed by atoms with Crippen molar-refractivity contribution in [1.29, 1.82) is 0 Å². The second kappa shape index (κ2) is 11.1. The standard InChI is InChI=1S/C25H24N4O3S2/c1-16-24(34-25(27-16)18-7-9-19(31-2)10-8-18)21-11-12-23(29-28-21)33-15-22(30)26-14-17-5-4-6-20(13-17)32-3/h4-13H,14-15H2,1-3H3,(H,26,30). The topological polar surface area (TPSA) is 86.2 Å². The molecular formula is C25H24N4O3S2. The van der Waals surface area contributed by atoms with Crippen molar-refractivity contribution in [3.8, 4) is 32.6 Å². The Morgan fingerprint density at radius 2 is 1.79 bits per heavy atom. The fourth-order valence-corrected chi connectivity index (χ4v) is 4.86. The Kier molecular flexibility index (Phi) is 7.76. The van der Waals surface area contributed by atoms with E-state index in [0.717, 1.165) is 43.9 Å². The highest BCUT2D eigenvalue weighted by atomic mass is 32.2. The first-order valence-corrected chi connectivity index (χ1v) is 12.3. The summed E-state index contributed by atoms with van der Waals surface area (Å²) in [5, 5.41) is 13.2. The van der Waals surface area contributed by atoms with E-state index < -0.39 is 0 Å². The minimum absolute atomic E-state index is 0.0684. The van der Waals surface area contributed by atoms with Crippen LogP contribution in [0, 0.1) is 6.92 Å². The fourth-order valence-electron chi connectivity index (χ4n) is 3.18. The van der Waals surface area contributed by atoms with Crippen LogP contribution in [-0.4, -0.2) is 41.1 Å². The van der Waals surface area contributed by atoms with Crippen molar-refractivity contribution in [2.75, 3.05) is 20.0 Å². The molecule has 0 saturated heterocycles. The third-order valence-electron chi connectivity index (χ3n) is 4.98. The minimum atomic E-state index is -0.0684. The van der Waals surface area contributed by atoms with Crippen LogP contribution in [0.15, 0.2) is 65.7 Å². The molecule has 2 heterocycles. The molecule has 2 aromatic heterocycles. The van der Waals surface area contributed by atoms with Gasteiger partial charge in [0.1, 0.15) is 27.2 Å². The Hall–Kier alpha value is -3.43. The Morgan fingerprint density at radius 3 is 2.50 bits per heavy atom. The van der Waals surface area contributed by atoms with E-state index in [4.69, 9.17) is 14.5 Å². The number of hydrogen-bond acceptors (Lipinski definition) is 8. The summed E-state index contributed by atoms with van der Waals surface area (Å²) >= 11 is 2.93. The number of thioether (sulfide) groups is 1. The van der Waals surface area contributed by atoms with Crippen molar-refractivity contribution in [3.63, 3.8) is 0 Å². The van der Waals surface area contributed by atoms with Gasteiger partial charge in [-0.05, 0) is 61.0 Å². The van der Waals surface area contributed by atoms with E-state index in [1.54, 1.807) is 25.6 Å². The van der Waals surface area contributed by atoms with E-state index in [1.165, 1.54) is 11.8 Å². The number of methoxy groups -OCH3 is 2. The van der Waals surface area contributed by atoms with Crippen molar-refractivity contribution in [2.45, 2.75) is 18.5 Å². The van der Waals surface area contributed by atoms with Gasteiger partial charge in [-0.2, -0.15) is 0 Å². The summed E-state index contributed by atoms with van der Waals surface area (Å²) in [6.45, 7) is 2.41. The normalized spacial score (nSPS) is 10.7. The summed E-state index contributed by atoms with van der Waals surface area (Å²) in [6, 6.07) is 19.2. The highest BCUT2D eigenvalue weighted by Gasteiger charge is 2.14. The second-order valence-corrected chi connectivity index (χ2v) is 9.33. The number of thiazole rings is 1. The molecule has 0 radical (unpaired) electrons. The van der Waals surface area contributed by atoms with E-state index in [0.29, 0.717) is 11.6 Å². The predicted octanol–water partition coefficient (Wildman–Crippen LogP) is 5.00. The first-order valence-electron chi connectivity index (χ1n) is 10.5. The number of ether oxygens (including phenoxy) is 2. The molecule has 174 valence electrons. The van der Waals surface area contributed by atoms with Gasteiger partial charge in [-0.15, -0.1) is 21.5 Å². The van der Waals surface area contributed by atoms with Crippen molar-refractivity contribution < 1.29 is 14.3 Å². The molecule has 0 aliphatic heterocycles. The SMILES string of the molecule is COc1ccc(-c2nc(C)c(-c3ccc(SCC(=O)NCc4cccc(OC)c4)nn3)s2)cc1. The van der Waals surface area contributed by atoms with Crippen molar-refractivity contribution in [1.82, 2.24) is 20.5 Å². The summed E-state index contributed by atoms with van der Waals surface area (Å²) in [7, 11) is 3.27. The first-order chi connectivity index (χ1) is 16.6. The number of hydrogen-bond donors (Lipinski definition) is 1. The molecule has 9 heteroatoms. The number of carbonyl (C=O) groups is 1. The number of carbonyl (C=O) groups excluding carboxylic acids is 1. The van der Waals surface area contributed by atoms with Gasteiger partial charge in [0.25, 0.3) is 0 Å². The number of amides is 1. The number of nitrogens with zero attached hydrogens (tertiary/aromatic N) is 3. The molecule has 1 amide bonds. The smallest absolute Gasteiger partial charge is 0.230 e. The van der Waals surface area contributed by atoms with Gasteiger partial charge in [0.15, 0.2) is 0 Å². The van der Waals surface area contributed by atoms with Gasteiger partial charge in [0.2, 0.25) is 5.91 Å². The molecule has 0 saturated carbocycles. The molecule has 2 aromatic carbocycles. The molecule has 7 nitrogen and oxygen atoms in total. The van der Waals surface area contributed by atoms with Crippen LogP contribution in [-0.2, 0) is 11.3 Å². The zero-order valence-electron chi connectivity index (χ0n) is 19.1. The lowest BCUT2D eigenvalue weighted by Gasteiger charge is -2.07. The second-order valence-electron chi connectivity index (χ2n) is 7.34. The average molecular weight is 493 g/mol. The van der Waals surface area contributed by atoms with Gasteiger partial charge in [-0.25, -0.2) is 4.98 Å². The number of aromatic nitrogens is 3. The number of aryl methyl sites for hydroxylation is 1. The summed E-state index contributed by atoms with van der Waals surface area (Å²) in [4.78, 5) is 17.9. The highest BCUT2D eigenvalue weighted by molar-refractivity contribution is 7.99. The van der Waals surface area contributed by atoms with Crippen LogP contribution in [0.5, 0.6) is 11.5 Å². The number of rotatable bonds is 9. The lowest BCUT2D eigenvalue weighted by Crippen LogP contribution is -2.24. The molecule has 4 rings (SSSR count). The summed E-state index contributed by atoms with van der Waals surface area (Å²) in [5.41, 5.74) is 3.68. The van der Waals surface area contributed by atoms with Crippen molar-refractivity contribution in [3.05, 3.63) is 71.9 Å². The summed E-state index contributed by atoms with van der Waals surface area (Å²) < 4.78 is 10.4. The molecule has 0 bridgehead atoms. The molecule has 4 aromatic rings. The van der Waals surface area contributed by atoms with Gasteiger partial charge in [-0.3, -0.25) is 4.79 Å². The Morgan fingerprint density at radius 1 is 1.00 bits per heavy atom. The molecule has 34 heavy (non-hydrogen) atoms. The van der Waals surface area contributed by atoms with E-state index in [1.807, 2.05) is 67.6 Å². The Balaban J connectivity index is 1.34. The number of benzene rings is 2. The zero-order chi connectivity index (χ0) is 23.9. The number of nitrogens with one attached hydrogen (secondary N) is 1. The van der Waals surface area contributed by atoms with Crippen LogP contribution < -0.4 is 14.8 Å². The van der Waals surface area contributed by atoms with E-state index >= 15 is 0 Å². The highest BCUT2D eigenvalue weighted by Crippen LogP contribution is 2.35. The maximum absolute atomic E-state index is 12.2. The predicted molar refractivity (Wildman–Crippen MR) is 135 cm³/mol. The lowest BCUT2D eigenvalue weighted by atomic mass is 10.2. The quantitative estimate of drug-likeness (QED) is 0.329. The van der Waals surface area contributed by atoms with Crippen LogP contribution >= 0.6 is 23.1 Å². The maximum atomic E-state index is 12.2. The van der Waals surface area contributed by atoms with Gasteiger partial charge >= 0.3 is 0 Å². The summed E-state index contributed by atoms with van der Waals surface area (Å²) in [6.07, 6.45) is 0. The van der Waals surface area contributed by atoms with Crippen molar-refractivity contribution in [2.24, 2.45) is 0 Å². The molecule has 0 aliphatic rings. The lowest BCUT2D eigenvalue weighted by molar-refractivity contribution is -0.118. The zero-order valence-corrected chi connectivity index (χ0v) is 20.7. The molecule has 0 atom stereocenters. The van der Waals surface area contributed by atoms with Gasteiger partial charge < -0.3 is 14.8 Å². The average Bonchev–Trinajstić information content (AvgIpc) is 3.28. The fraction of sp³-hybridized carbons (Fsp3) is 0.200. The van der Waals surface area contributed by atoms with E-state index in [9.17, 15) is 4.79 Å². The molecular weight excluding hydrogens is 468 g/mol. The van der Waals surface area contributed by atoms with Crippen LogP contribution in [0.3, 0.4) is 0 Å². The molecule has 0 fully saturated rings. The van der Waals surface area contributed by atoms with E-state index in [2.05, 4.69) is 15.5 Å². The Bertz CT molecular complexity index is 1260. The molecule has 0 spiro atoms. The van der Waals surface area contributed by atoms with Gasteiger partial charge in [0.05, 0.1) is 30.5 Å². The van der Waals surface area contributed by atoms with Crippen LogP contribution in [0.2, 0.25) is 0 Å². The molecule has 0 unspecified atom stereocenters.